The highest BCUT2D eigenvalue weighted by Crippen LogP contribution is 2.28. The van der Waals surface area contributed by atoms with Crippen molar-refractivity contribution < 1.29 is 0 Å². The Labute approximate surface area is 104 Å². The fourth-order valence-corrected chi connectivity index (χ4v) is 1.89. The number of benzene rings is 1. The molecule has 0 unspecified atom stereocenters. The lowest BCUT2D eigenvalue weighted by Crippen LogP contribution is -1.86. The van der Waals surface area contributed by atoms with Crippen molar-refractivity contribution in [1.29, 1.82) is 0 Å². The van der Waals surface area contributed by atoms with Gasteiger partial charge in [-0.05, 0) is 23.8 Å². The molecule has 1 aromatic carbocycles. The average Bonchev–Trinajstić information content (AvgIpc) is 2.28. The molecule has 0 amide bonds. The number of halogens is 2. The summed E-state index contributed by atoms with van der Waals surface area (Å²) in [5.41, 5.74) is 2.54. The summed E-state index contributed by atoms with van der Waals surface area (Å²) in [5, 5.41) is 1.27. The molecule has 0 aliphatic heterocycles. The predicted octanol–water partition coefficient (Wildman–Crippen LogP) is 4.70. The first-order chi connectivity index (χ1) is 7.70. The molecule has 1 nitrogen and oxygen atoms in total. The van der Waals surface area contributed by atoms with E-state index in [0.717, 1.165) is 16.8 Å². The monoisotopic (exact) mass is 249 g/mol. The van der Waals surface area contributed by atoms with Crippen LogP contribution in [0.25, 0.3) is 17.3 Å². The van der Waals surface area contributed by atoms with Crippen LogP contribution in [-0.4, -0.2) is 4.98 Å². The molecule has 2 rings (SSSR count). The van der Waals surface area contributed by atoms with Crippen LogP contribution >= 0.6 is 23.2 Å². The fourth-order valence-electron chi connectivity index (χ4n) is 1.41. The number of aromatic nitrogens is 1. The number of nitrogens with zero attached hydrogens (tertiary/aromatic N) is 1. The van der Waals surface area contributed by atoms with Gasteiger partial charge in [-0.1, -0.05) is 48.0 Å². The van der Waals surface area contributed by atoms with Crippen molar-refractivity contribution in [1.82, 2.24) is 4.98 Å². The molecule has 2 aromatic rings. The summed E-state index contributed by atoms with van der Waals surface area (Å²) < 4.78 is 0. The van der Waals surface area contributed by atoms with E-state index in [2.05, 4.69) is 11.6 Å². The Balaban J connectivity index is 2.52. The molecule has 0 bridgehead atoms. The first-order valence-electron chi connectivity index (χ1n) is 4.74. The van der Waals surface area contributed by atoms with E-state index in [4.69, 9.17) is 23.2 Å². The molecule has 80 valence electrons. The van der Waals surface area contributed by atoms with E-state index in [9.17, 15) is 0 Å². The minimum Gasteiger partial charge on any atom is -0.254 e. The lowest BCUT2D eigenvalue weighted by molar-refractivity contribution is 1.31. The van der Waals surface area contributed by atoms with Gasteiger partial charge in [-0.15, -0.1) is 0 Å². The molecule has 1 aromatic heterocycles. The molecule has 0 aliphatic carbocycles. The van der Waals surface area contributed by atoms with Crippen LogP contribution in [0.2, 0.25) is 10.0 Å². The van der Waals surface area contributed by atoms with E-state index < -0.39 is 0 Å². The topological polar surface area (TPSA) is 12.9 Å². The van der Waals surface area contributed by atoms with Gasteiger partial charge in [0.25, 0.3) is 0 Å². The zero-order chi connectivity index (χ0) is 11.5. The molecule has 0 fully saturated rings. The Morgan fingerprint density at radius 1 is 1.19 bits per heavy atom. The Morgan fingerprint density at radius 3 is 2.62 bits per heavy atom. The molecule has 3 heteroatoms. The molecule has 16 heavy (non-hydrogen) atoms. The van der Waals surface area contributed by atoms with Crippen molar-refractivity contribution in [2.45, 2.75) is 0 Å². The minimum atomic E-state index is 0.597. The molecule has 0 N–H and O–H groups in total. The van der Waals surface area contributed by atoms with Gasteiger partial charge in [-0.2, -0.15) is 0 Å². The summed E-state index contributed by atoms with van der Waals surface area (Å²) in [6.45, 7) is 3.67. The fraction of sp³-hybridized carbons (Fsp3) is 0. The molecule has 0 saturated carbocycles. The van der Waals surface area contributed by atoms with Crippen LogP contribution in [0.4, 0.5) is 0 Å². The maximum atomic E-state index is 6.14. The van der Waals surface area contributed by atoms with E-state index in [1.54, 1.807) is 12.3 Å². The molecule has 0 aliphatic rings. The Kier molecular flexibility index (Phi) is 3.28. The zero-order valence-electron chi connectivity index (χ0n) is 8.45. The van der Waals surface area contributed by atoms with E-state index >= 15 is 0 Å². The zero-order valence-corrected chi connectivity index (χ0v) is 9.96. The average molecular weight is 250 g/mol. The maximum Gasteiger partial charge on any atom is 0.0889 e. The number of hydrogen-bond donors (Lipinski definition) is 0. The van der Waals surface area contributed by atoms with Crippen LogP contribution in [0.1, 0.15) is 5.56 Å². The first kappa shape index (κ1) is 11.2. The van der Waals surface area contributed by atoms with Crippen molar-refractivity contribution in [3.05, 3.63) is 58.7 Å². The summed E-state index contributed by atoms with van der Waals surface area (Å²) in [6.07, 6.45) is 3.44. The molecule has 0 saturated heterocycles. The van der Waals surface area contributed by atoms with E-state index in [-0.39, 0.29) is 0 Å². The van der Waals surface area contributed by atoms with Crippen LogP contribution < -0.4 is 0 Å². The van der Waals surface area contributed by atoms with E-state index in [1.165, 1.54) is 0 Å². The van der Waals surface area contributed by atoms with Gasteiger partial charge in [0, 0.05) is 16.8 Å². The normalized spacial score (nSPS) is 10.1. The van der Waals surface area contributed by atoms with Gasteiger partial charge in [0.1, 0.15) is 0 Å². The standard InChI is InChI=1S/C13H9Cl2N/c1-2-9-6-12(15)13(16-8-9)10-4-3-5-11(14)7-10/h2-8H,1H2. The third kappa shape index (κ3) is 2.26. The van der Waals surface area contributed by atoms with E-state index in [0.29, 0.717) is 10.0 Å². The van der Waals surface area contributed by atoms with E-state index in [1.807, 2.05) is 30.3 Å². The minimum absolute atomic E-state index is 0.597. The van der Waals surface area contributed by atoms with Crippen LogP contribution in [-0.2, 0) is 0 Å². The molecule has 1 heterocycles. The van der Waals surface area contributed by atoms with Gasteiger partial charge in [0.05, 0.1) is 10.7 Å². The SMILES string of the molecule is C=Cc1cnc(-c2cccc(Cl)c2)c(Cl)c1. The van der Waals surface area contributed by atoms with Gasteiger partial charge < -0.3 is 0 Å². The quantitative estimate of drug-likeness (QED) is 0.752. The van der Waals surface area contributed by atoms with Crippen LogP contribution in [0.3, 0.4) is 0 Å². The second-order valence-corrected chi connectivity index (χ2v) is 4.16. The van der Waals surface area contributed by atoms with Crippen LogP contribution in [0.15, 0.2) is 43.1 Å². The molecule has 0 radical (unpaired) electrons. The maximum absolute atomic E-state index is 6.14. The summed E-state index contributed by atoms with van der Waals surface area (Å²) in [4.78, 5) is 4.30. The Morgan fingerprint density at radius 2 is 2.00 bits per heavy atom. The summed E-state index contributed by atoms with van der Waals surface area (Å²) in [5.74, 6) is 0. The second kappa shape index (κ2) is 4.69. The van der Waals surface area contributed by atoms with Crippen molar-refractivity contribution >= 4 is 29.3 Å². The van der Waals surface area contributed by atoms with Gasteiger partial charge in [-0.3, -0.25) is 4.98 Å². The van der Waals surface area contributed by atoms with Gasteiger partial charge >= 0.3 is 0 Å². The first-order valence-corrected chi connectivity index (χ1v) is 5.50. The highest BCUT2D eigenvalue weighted by Gasteiger charge is 2.05. The summed E-state index contributed by atoms with van der Waals surface area (Å²) in [7, 11) is 0. The number of hydrogen-bond acceptors (Lipinski definition) is 1. The Bertz CT molecular complexity index is 535. The number of rotatable bonds is 2. The predicted molar refractivity (Wildman–Crippen MR) is 69.8 cm³/mol. The highest BCUT2D eigenvalue weighted by atomic mass is 35.5. The van der Waals surface area contributed by atoms with Gasteiger partial charge in [0.15, 0.2) is 0 Å². The second-order valence-electron chi connectivity index (χ2n) is 3.31. The molecular formula is C13H9Cl2N. The summed E-state index contributed by atoms with van der Waals surface area (Å²) >= 11 is 12.1. The van der Waals surface area contributed by atoms with Gasteiger partial charge in [0.2, 0.25) is 0 Å². The molecule has 0 atom stereocenters. The number of pyridine rings is 1. The third-order valence-corrected chi connectivity index (χ3v) is 2.72. The van der Waals surface area contributed by atoms with Crippen LogP contribution in [0.5, 0.6) is 0 Å². The lowest BCUT2D eigenvalue weighted by atomic mass is 10.1. The highest BCUT2D eigenvalue weighted by molar-refractivity contribution is 6.33. The van der Waals surface area contributed by atoms with Crippen LogP contribution in [0, 0.1) is 0 Å². The molecular weight excluding hydrogens is 241 g/mol. The lowest BCUT2D eigenvalue weighted by Gasteiger charge is -2.04. The largest absolute Gasteiger partial charge is 0.254 e. The Hall–Kier alpha value is -1.31. The summed E-state index contributed by atoms with van der Waals surface area (Å²) in [6, 6.07) is 9.28. The van der Waals surface area contributed by atoms with Crippen molar-refractivity contribution in [3.8, 4) is 11.3 Å². The van der Waals surface area contributed by atoms with Gasteiger partial charge in [-0.25, -0.2) is 0 Å². The molecule has 0 spiro atoms. The van der Waals surface area contributed by atoms with Crippen molar-refractivity contribution in [3.63, 3.8) is 0 Å². The third-order valence-electron chi connectivity index (χ3n) is 2.20. The van der Waals surface area contributed by atoms with Crippen molar-refractivity contribution in [2.75, 3.05) is 0 Å². The van der Waals surface area contributed by atoms with Crippen molar-refractivity contribution in [2.24, 2.45) is 0 Å². The smallest absolute Gasteiger partial charge is 0.0889 e.